The molecule has 20 heavy (non-hydrogen) atoms. The van der Waals surface area contributed by atoms with E-state index < -0.39 is 0 Å². The van der Waals surface area contributed by atoms with Crippen LogP contribution in [0.2, 0.25) is 0 Å². The van der Waals surface area contributed by atoms with Crippen molar-refractivity contribution in [3.63, 3.8) is 0 Å². The summed E-state index contributed by atoms with van der Waals surface area (Å²) >= 11 is 0. The first-order valence-corrected chi connectivity index (χ1v) is 7.09. The van der Waals surface area contributed by atoms with Crippen LogP contribution in [0.4, 0.5) is 0 Å². The fourth-order valence-corrected chi connectivity index (χ4v) is 2.85. The monoisotopic (exact) mass is 269 g/mol. The van der Waals surface area contributed by atoms with Crippen LogP contribution in [-0.4, -0.2) is 37.1 Å². The number of ether oxygens (including phenoxy) is 1. The number of hydrogen-bond acceptors (Lipinski definition) is 3. The lowest BCUT2D eigenvalue weighted by Gasteiger charge is -2.21. The quantitative estimate of drug-likeness (QED) is 0.799. The maximum Gasteiger partial charge on any atom is 0.323 e. The Morgan fingerprint density at radius 3 is 2.80 bits per heavy atom. The molecule has 1 aliphatic rings. The van der Waals surface area contributed by atoms with E-state index in [2.05, 4.69) is 47.4 Å². The molecule has 1 saturated heterocycles. The highest BCUT2D eigenvalue weighted by atomic mass is 16.5. The normalized spacial score (nSPS) is 18.7. The van der Waals surface area contributed by atoms with E-state index in [4.69, 9.17) is 4.74 Å². The van der Waals surface area contributed by atoms with Gasteiger partial charge in [-0.25, -0.2) is 0 Å². The molecule has 0 unspecified atom stereocenters. The van der Waals surface area contributed by atoms with E-state index >= 15 is 0 Å². The molecule has 0 spiro atoms. The second-order valence-corrected chi connectivity index (χ2v) is 5.34. The standard InChI is InChI=1S/C17H19NO2/c1-18(16-10-12-20-17(16)19)11-9-14-7-4-6-13-5-2-3-8-15(13)14/h2-8,16H,9-12H2,1H3/t16-/m1/s1. The van der Waals surface area contributed by atoms with E-state index in [9.17, 15) is 4.79 Å². The fourth-order valence-electron chi connectivity index (χ4n) is 2.85. The minimum absolute atomic E-state index is 0.0648. The maximum atomic E-state index is 11.6. The molecular formula is C17H19NO2. The molecular weight excluding hydrogens is 250 g/mol. The summed E-state index contributed by atoms with van der Waals surface area (Å²) in [6, 6.07) is 14.8. The van der Waals surface area contributed by atoms with Crippen LogP contribution in [0, 0.1) is 0 Å². The molecule has 1 aliphatic heterocycles. The first-order chi connectivity index (χ1) is 9.75. The van der Waals surface area contributed by atoms with E-state index in [1.54, 1.807) is 0 Å². The summed E-state index contributed by atoms with van der Waals surface area (Å²) in [6.07, 6.45) is 1.76. The molecule has 0 amide bonds. The Morgan fingerprint density at radius 1 is 1.20 bits per heavy atom. The van der Waals surface area contributed by atoms with Crippen LogP contribution in [0.15, 0.2) is 42.5 Å². The number of likely N-dealkylation sites (N-methyl/N-ethyl adjacent to an activating group) is 1. The number of rotatable bonds is 4. The van der Waals surface area contributed by atoms with Gasteiger partial charge in [0.05, 0.1) is 6.61 Å². The zero-order chi connectivity index (χ0) is 13.9. The third-order valence-electron chi connectivity index (χ3n) is 4.05. The Morgan fingerprint density at radius 2 is 2.00 bits per heavy atom. The topological polar surface area (TPSA) is 29.5 Å². The summed E-state index contributed by atoms with van der Waals surface area (Å²) in [5, 5.41) is 2.57. The summed E-state index contributed by atoms with van der Waals surface area (Å²) in [6.45, 7) is 1.43. The lowest BCUT2D eigenvalue weighted by atomic mass is 10.0. The predicted molar refractivity (Wildman–Crippen MR) is 79.6 cm³/mol. The van der Waals surface area contributed by atoms with Gasteiger partial charge < -0.3 is 4.74 Å². The van der Waals surface area contributed by atoms with Crippen molar-refractivity contribution >= 4 is 16.7 Å². The minimum Gasteiger partial charge on any atom is -0.464 e. The third kappa shape index (κ3) is 2.54. The zero-order valence-corrected chi connectivity index (χ0v) is 11.7. The number of carbonyl (C=O) groups is 1. The summed E-state index contributed by atoms with van der Waals surface area (Å²) in [5.41, 5.74) is 1.33. The zero-order valence-electron chi connectivity index (χ0n) is 11.7. The van der Waals surface area contributed by atoms with Gasteiger partial charge in [0.2, 0.25) is 0 Å². The van der Waals surface area contributed by atoms with Crippen LogP contribution in [0.5, 0.6) is 0 Å². The van der Waals surface area contributed by atoms with Crippen LogP contribution in [-0.2, 0) is 16.0 Å². The number of fused-ring (bicyclic) bond motifs is 1. The summed E-state index contributed by atoms with van der Waals surface area (Å²) in [7, 11) is 2.00. The third-order valence-corrected chi connectivity index (χ3v) is 4.05. The molecule has 0 aliphatic carbocycles. The second kappa shape index (κ2) is 5.63. The van der Waals surface area contributed by atoms with Gasteiger partial charge >= 0.3 is 5.97 Å². The maximum absolute atomic E-state index is 11.6. The number of hydrogen-bond donors (Lipinski definition) is 0. The van der Waals surface area contributed by atoms with Crippen molar-refractivity contribution in [2.24, 2.45) is 0 Å². The van der Waals surface area contributed by atoms with Gasteiger partial charge in [0, 0.05) is 13.0 Å². The van der Waals surface area contributed by atoms with Gasteiger partial charge in [-0.05, 0) is 29.8 Å². The van der Waals surface area contributed by atoms with Crippen LogP contribution in [0.25, 0.3) is 10.8 Å². The average Bonchev–Trinajstić information content (AvgIpc) is 2.91. The van der Waals surface area contributed by atoms with Crippen LogP contribution < -0.4 is 0 Å². The number of benzene rings is 2. The summed E-state index contributed by atoms with van der Waals surface area (Å²) < 4.78 is 5.03. The van der Waals surface area contributed by atoms with Gasteiger partial charge in [0.1, 0.15) is 6.04 Å². The number of cyclic esters (lactones) is 1. The molecule has 1 fully saturated rings. The van der Waals surface area contributed by atoms with E-state index in [-0.39, 0.29) is 12.0 Å². The minimum atomic E-state index is -0.0783. The lowest BCUT2D eigenvalue weighted by Crippen LogP contribution is -2.36. The predicted octanol–water partition coefficient (Wildman–Crippen LogP) is 2.63. The highest BCUT2D eigenvalue weighted by Gasteiger charge is 2.29. The van der Waals surface area contributed by atoms with Crippen molar-refractivity contribution in [3.8, 4) is 0 Å². The Labute approximate surface area is 119 Å². The van der Waals surface area contributed by atoms with Crippen molar-refractivity contribution in [3.05, 3.63) is 48.0 Å². The summed E-state index contributed by atoms with van der Waals surface area (Å²) in [4.78, 5) is 13.7. The van der Waals surface area contributed by atoms with Gasteiger partial charge in [0.15, 0.2) is 0 Å². The van der Waals surface area contributed by atoms with Gasteiger partial charge in [0.25, 0.3) is 0 Å². The smallest absolute Gasteiger partial charge is 0.323 e. The van der Waals surface area contributed by atoms with E-state index in [0.29, 0.717) is 6.61 Å². The Bertz CT molecular complexity index is 618. The first-order valence-electron chi connectivity index (χ1n) is 7.09. The highest BCUT2D eigenvalue weighted by Crippen LogP contribution is 2.20. The SMILES string of the molecule is CN(CCc1cccc2ccccc12)[C@@H]1CCOC1=O. The van der Waals surface area contributed by atoms with Crippen LogP contribution in [0.3, 0.4) is 0 Å². The summed E-state index contributed by atoms with van der Waals surface area (Å²) in [5.74, 6) is -0.0783. The van der Waals surface area contributed by atoms with E-state index in [0.717, 1.165) is 19.4 Å². The Hall–Kier alpha value is -1.87. The van der Waals surface area contributed by atoms with Gasteiger partial charge in [-0.15, -0.1) is 0 Å². The Balaban J connectivity index is 1.72. The average molecular weight is 269 g/mol. The molecule has 3 heteroatoms. The lowest BCUT2D eigenvalue weighted by molar-refractivity contribution is -0.141. The molecule has 0 N–H and O–H groups in total. The van der Waals surface area contributed by atoms with Crippen LogP contribution in [0.1, 0.15) is 12.0 Å². The number of nitrogens with zero attached hydrogens (tertiary/aromatic N) is 1. The Kier molecular flexibility index (Phi) is 3.70. The van der Waals surface area contributed by atoms with Crippen LogP contribution >= 0.6 is 0 Å². The van der Waals surface area contributed by atoms with E-state index in [1.807, 2.05) is 7.05 Å². The molecule has 2 aromatic rings. The van der Waals surface area contributed by atoms with Crippen molar-refractivity contribution in [1.29, 1.82) is 0 Å². The number of esters is 1. The molecule has 2 aromatic carbocycles. The number of carbonyl (C=O) groups excluding carboxylic acids is 1. The second-order valence-electron chi connectivity index (χ2n) is 5.34. The molecule has 1 atom stereocenters. The molecule has 0 bridgehead atoms. The van der Waals surface area contributed by atoms with Gasteiger partial charge in [-0.2, -0.15) is 0 Å². The van der Waals surface area contributed by atoms with Crippen molar-refractivity contribution in [2.75, 3.05) is 20.2 Å². The molecule has 1 heterocycles. The highest BCUT2D eigenvalue weighted by molar-refractivity contribution is 5.85. The molecule has 0 radical (unpaired) electrons. The molecule has 104 valence electrons. The van der Waals surface area contributed by atoms with Crippen molar-refractivity contribution in [1.82, 2.24) is 4.90 Å². The fraction of sp³-hybridized carbons (Fsp3) is 0.353. The largest absolute Gasteiger partial charge is 0.464 e. The van der Waals surface area contributed by atoms with E-state index in [1.165, 1.54) is 16.3 Å². The molecule has 0 aromatic heterocycles. The van der Waals surface area contributed by atoms with Crippen molar-refractivity contribution in [2.45, 2.75) is 18.9 Å². The van der Waals surface area contributed by atoms with Crippen molar-refractivity contribution < 1.29 is 9.53 Å². The molecule has 0 saturated carbocycles. The molecule has 3 nitrogen and oxygen atoms in total. The first kappa shape index (κ1) is 13.1. The van der Waals surface area contributed by atoms with Gasteiger partial charge in [-0.1, -0.05) is 42.5 Å². The molecule has 3 rings (SSSR count). The van der Waals surface area contributed by atoms with Gasteiger partial charge in [-0.3, -0.25) is 9.69 Å².